The Labute approximate surface area is 109 Å². The van der Waals surface area contributed by atoms with Gasteiger partial charge in [0.1, 0.15) is 0 Å². The molecule has 0 aliphatic carbocycles. The van der Waals surface area contributed by atoms with Crippen LogP contribution in [0.15, 0.2) is 30.5 Å². The Morgan fingerprint density at radius 1 is 1.11 bits per heavy atom. The van der Waals surface area contributed by atoms with Crippen LogP contribution in [0.3, 0.4) is 0 Å². The van der Waals surface area contributed by atoms with Crippen LogP contribution in [0.5, 0.6) is 0 Å². The zero-order chi connectivity index (χ0) is 13.0. The fraction of sp³-hybridized carbons (Fsp3) is 0.400. The summed E-state index contributed by atoms with van der Waals surface area (Å²) in [7, 11) is 0. The summed E-state index contributed by atoms with van der Waals surface area (Å²) in [4.78, 5) is 2.39. The van der Waals surface area contributed by atoms with Gasteiger partial charge in [0.25, 0.3) is 0 Å². The maximum atomic E-state index is 4.19. The van der Waals surface area contributed by atoms with Crippen molar-refractivity contribution in [2.24, 2.45) is 0 Å². The second-order valence-electron chi connectivity index (χ2n) is 4.60. The molecule has 0 atom stereocenters. The molecule has 0 bridgehead atoms. The van der Waals surface area contributed by atoms with Gasteiger partial charge in [-0.15, -0.1) is 0 Å². The van der Waals surface area contributed by atoms with Crippen LogP contribution in [-0.4, -0.2) is 28.2 Å². The van der Waals surface area contributed by atoms with E-state index in [0.717, 1.165) is 25.3 Å². The van der Waals surface area contributed by atoms with Gasteiger partial charge in [-0.1, -0.05) is 43.7 Å². The van der Waals surface area contributed by atoms with E-state index in [4.69, 9.17) is 0 Å². The first kappa shape index (κ1) is 12.8. The Kier molecular flexibility index (Phi) is 4.15. The van der Waals surface area contributed by atoms with Crippen molar-refractivity contribution in [2.45, 2.75) is 27.3 Å². The molecule has 0 saturated heterocycles. The Morgan fingerprint density at radius 3 is 2.39 bits per heavy atom. The molecule has 18 heavy (non-hydrogen) atoms. The number of aromatic nitrogens is 2. The molecule has 1 aromatic carbocycles. The highest BCUT2D eigenvalue weighted by molar-refractivity contribution is 5.62. The predicted molar refractivity (Wildman–Crippen MR) is 75.4 cm³/mol. The van der Waals surface area contributed by atoms with E-state index in [1.54, 1.807) is 0 Å². The summed E-state index contributed by atoms with van der Waals surface area (Å²) >= 11 is 0. The van der Waals surface area contributed by atoms with Gasteiger partial charge in [-0.3, -0.25) is 10.00 Å². The predicted octanol–water partition coefficient (Wildman–Crippen LogP) is 3.23. The molecule has 0 saturated carbocycles. The molecule has 1 N–H and O–H groups in total. The van der Waals surface area contributed by atoms with E-state index in [0.29, 0.717) is 0 Å². The average molecular weight is 243 g/mol. The lowest BCUT2D eigenvalue weighted by Gasteiger charge is -2.17. The Balaban J connectivity index is 2.24. The summed E-state index contributed by atoms with van der Waals surface area (Å²) < 4.78 is 0. The van der Waals surface area contributed by atoms with Crippen molar-refractivity contribution in [3.8, 4) is 11.3 Å². The van der Waals surface area contributed by atoms with Gasteiger partial charge in [-0.05, 0) is 25.6 Å². The molecule has 0 radical (unpaired) electrons. The highest BCUT2D eigenvalue weighted by Crippen LogP contribution is 2.22. The Morgan fingerprint density at radius 2 is 1.78 bits per heavy atom. The lowest BCUT2D eigenvalue weighted by atomic mass is 10.1. The molecule has 2 aromatic rings. The van der Waals surface area contributed by atoms with Crippen molar-refractivity contribution in [1.29, 1.82) is 0 Å². The van der Waals surface area contributed by atoms with E-state index in [2.05, 4.69) is 60.1 Å². The topological polar surface area (TPSA) is 31.9 Å². The van der Waals surface area contributed by atoms with E-state index in [1.807, 2.05) is 6.20 Å². The Bertz CT molecular complexity index is 481. The van der Waals surface area contributed by atoms with Gasteiger partial charge < -0.3 is 0 Å². The number of nitrogens with zero attached hydrogens (tertiary/aromatic N) is 2. The molecule has 0 aliphatic heterocycles. The maximum Gasteiger partial charge on any atom is 0.0695 e. The number of hydrogen-bond donors (Lipinski definition) is 1. The average Bonchev–Trinajstić information content (AvgIpc) is 2.85. The molecule has 0 aliphatic rings. The molecule has 3 heteroatoms. The molecule has 2 rings (SSSR count). The van der Waals surface area contributed by atoms with Gasteiger partial charge in [0.15, 0.2) is 0 Å². The standard InChI is InChI=1S/C15H21N3/c1-4-18(5-2)11-14-10-16-17-15(14)13-8-6-12(3)7-9-13/h6-10H,4-5,11H2,1-3H3,(H,16,17). The highest BCUT2D eigenvalue weighted by atomic mass is 15.1. The summed E-state index contributed by atoms with van der Waals surface area (Å²) in [5.41, 5.74) is 4.90. The van der Waals surface area contributed by atoms with Crippen molar-refractivity contribution in [2.75, 3.05) is 13.1 Å². The van der Waals surface area contributed by atoms with Crippen LogP contribution in [0, 0.1) is 6.92 Å². The SMILES string of the molecule is CCN(CC)Cc1cn[nH]c1-c1ccc(C)cc1. The number of aryl methyl sites for hydroxylation is 1. The number of nitrogens with one attached hydrogen (secondary N) is 1. The van der Waals surface area contributed by atoms with Crippen LogP contribution in [0.4, 0.5) is 0 Å². The summed E-state index contributed by atoms with van der Waals surface area (Å²) in [6.07, 6.45) is 1.94. The molecule has 0 unspecified atom stereocenters. The van der Waals surface area contributed by atoms with E-state index >= 15 is 0 Å². The lowest BCUT2D eigenvalue weighted by Crippen LogP contribution is -2.22. The van der Waals surface area contributed by atoms with Gasteiger partial charge in [-0.2, -0.15) is 5.10 Å². The minimum Gasteiger partial charge on any atom is -0.299 e. The monoisotopic (exact) mass is 243 g/mol. The summed E-state index contributed by atoms with van der Waals surface area (Å²) in [5, 5.41) is 7.31. The number of aromatic amines is 1. The first-order valence-electron chi connectivity index (χ1n) is 6.56. The van der Waals surface area contributed by atoms with Crippen molar-refractivity contribution < 1.29 is 0 Å². The molecular weight excluding hydrogens is 222 g/mol. The van der Waals surface area contributed by atoms with Crippen molar-refractivity contribution in [3.63, 3.8) is 0 Å². The largest absolute Gasteiger partial charge is 0.299 e. The van der Waals surface area contributed by atoms with E-state index in [1.165, 1.54) is 16.7 Å². The van der Waals surface area contributed by atoms with Crippen molar-refractivity contribution in [1.82, 2.24) is 15.1 Å². The van der Waals surface area contributed by atoms with Crippen LogP contribution in [0.1, 0.15) is 25.0 Å². The molecule has 1 aromatic heterocycles. The van der Waals surface area contributed by atoms with Gasteiger partial charge in [0.2, 0.25) is 0 Å². The molecule has 0 fully saturated rings. The van der Waals surface area contributed by atoms with Gasteiger partial charge in [-0.25, -0.2) is 0 Å². The number of benzene rings is 1. The lowest BCUT2D eigenvalue weighted by molar-refractivity contribution is 0.296. The minimum absolute atomic E-state index is 0.951. The fourth-order valence-electron chi connectivity index (χ4n) is 2.09. The maximum absolute atomic E-state index is 4.19. The van der Waals surface area contributed by atoms with Gasteiger partial charge in [0.05, 0.1) is 11.9 Å². The van der Waals surface area contributed by atoms with Crippen LogP contribution >= 0.6 is 0 Å². The quantitative estimate of drug-likeness (QED) is 0.874. The molecule has 0 spiro atoms. The number of rotatable bonds is 5. The van der Waals surface area contributed by atoms with Crippen molar-refractivity contribution in [3.05, 3.63) is 41.6 Å². The number of hydrogen-bond acceptors (Lipinski definition) is 2. The zero-order valence-corrected chi connectivity index (χ0v) is 11.4. The first-order chi connectivity index (χ1) is 8.74. The highest BCUT2D eigenvalue weighted by Gasteiger charge is 2.10. The third-order valence-electron chi connectivity index (χ3n) is 3.35. The smallest absolute Gasteiger partial charge is 0.0695 e. The molecular formula is C15H21N3. The third-order valence-corrected chi connectivity index (χ3v) is 3.35. The second kappa shape index (κ2) is 5.83. The number of H-pyrrole nitrogens is 1. The van der Waals surface area contributed by atoms with Crippen molar-refractivity contribution >= 4 is 0 Å². The summed E-state index contributed by atoms with van der Waals surface area (Å²) in [6, 6.07) is 8.57. The van der Waals surface area contributed by atoms with Gasteiger partial charge >= 0.3 is 0 Å². The molecule has 3 nitrogen and oxygen atoms in total. The van der Waals surface area contributed by atoms with Gasteiger partial charge in [0, 0.05) is 12.1 Å². The molecule has 96 valence electrons. The third kappa shape index (κ3) is 2.79. The molecule has 1 heterocycles. The van der Waals surface area contributed by atoms with Crippen LogP contribution < -0.4 is 0 Å². The van der Waals surface area contributed by atoms with E-state index < -0.39 is 0 Å². The molecule has 0 amide bonds. The summed E-state index contributed by atoms with van der Waals surface area (Å²) in [5.74, 6) is 0. The summed E-state index contributed by atoms with van der Waals surface area (Å²) in [6.45, 7) is 9.56. The van der Waals surface area contributed by atoms with E-state index in [9.17, 15) is 0 Å². The zero-order valence-electron chi connectivity index (χ0n) is 11.4. The first-order valence-corrected chi connectivity index (χ1v) is 6.56. The van der Waals surface area contributed by atoms with Crippen LogP contribution in [0.2, 0.25) is 0 Å². The second-order valence-corrected chi connectivity index (χ2v) is 4.60. The normalized spacial score (nSPS) is 11.1. The van der Waals surface area contributed by atoms with Crippen LogP contribution in [0.25, 0.3) is 11.3 Å². The van der Waals surface area contributed by atoms with E-state index in [-0.39, 0.29) is 0 Å². The fourth-order valence-corrected chi connectivity index (χ4v) is 2.09. The Hall–Kier alpha value is -1.61. The minimum atomic E-state index is 0.951. The van der Waals surface area contributed by atoms with Crippen LogP contribution in [-0.2, 0) is 6.54 Å².